The molecule has 0 aliphatic carbocycles. The Morgan fingerprint density at radius 1 is 1.00 bits per heavy atom. The summed E-state index contributed by atoms with van der Waals surface area (Å²) in [4.78, 5) is 4.11. The second-order valence-electron chi connectivity index (χ2n) is 7.72. The van der Waals surface area contributed by atoms with Gasteiger partial charge in [-0.2, -0.15) is 8.78 Å². The Balaban J connectivity index is 1.51. The molecule has 0 bridgehead atoms. The van der Waals surface area contributed by atoms with Crippen molar-refractivity contribution < 1.29 is 8.78 Å². The SMILES string of the molecule is CCCC(F)(F)c1nc(CC)n(Cc2ccc(Cc3ccccc3-c3nnn[nH]3)cc2)n1. The van der Waals surface area contributed by atoms with Gasteiger partial charge in [0.05, 0.1) is 6.54 Å². The molecule has 2 heterocycles. The minimum Gasteiger partial charge on any atom is -0.245 e. The highest BCUT2D eigenvalue weighted by Crippen LogP contribution is 2.30. The molecular formula is C23H25F2N7. The molecule has 166 valence electrons. The number of rotatable bonds is 9. The lowest BCUT2D eigenvalue weighted by atomic mass is 9.98. The van der Waals surface area contributed by atoms with Crippen LogP contribution in [0.4, 0.5) is 8.78 Å². The maximum atomic E-state index is 14.3. The van der Waals surface area contributed by atoms with Crippen LogP contribution in [0.5, 0.6) is 0 Å². The summed E-state index contributed by atoms with van der Waals surface area (Å²) in [5.41, 5.74) is 4.16. The molecule has 2 aromatic heterocycles. The van der Waals surface area contributed by atoms with E-state index in [0.717, 1.165) is 22.3 Å². The van der Waals surface area contributed by atoms with Crippen molar-refractivity contribution in [1.29, 1.82) is 0 Å². The number of nitrogens with zero attached hydrogens (tertiary/aromatic N) is 6. The Morgan fingerprint density at radius 3 is 2.44 bits per heavy atom. The van der Waals surface area contributed by atoms with E-state index in [-0.39, 0.29) is 12.2 Å². The molecule has 4 aromatic rings. The van der Waals surface area contributed by atoms with Crippen molar-refractivity contribution in [2.45, 2.75) is 52.0 Å². The van der Waals surface area contributed by atoms with Gasteiger partial charge in [-0.15, -0.1) is 10.2 Å². The lowest BCUT2D eigenvalue weighted by Gasteiger charge is -2.10. The number of aryl methyl sites for hydroxylation is 1. The zero-order valence-corrected chi connectivity index (χ0v) is 18.1. The largest absolute Gasteiger partial charge is 0.308 e. The number of aromatic amines is 1. The summed E-state index contributed by atoms with van der Waals surface area (Å²) >= 11 is 0. The van der Waals surface area contributed by atoms with Gasteiger partial charge in [-0.25, -0.2) is 14.8 Å². The summed E-state index contributed by atoms with van der Waals surface area (Å²) in [6, 6.07) is 16.0. The van der Waals surface area contributed by atoms with Gasteiger partial charge in [-0.1, -0.05) is 62.4 Å². The van der Waals surface area contributed by atoms with E-state index in [2.05, 4.69) is 30.7 Å². The Hall–Kier alpha value is -3.49. The molecule has 2 aromatic carbocycles. The Morgan fingerprint density at radius 2 is 1.75 bits per heavy atom. The molecule has 0 radical (unpaired) electrons. The van der Waals surface area contributed by atoms with Gasteiger partial charge < -0.3 is 0 Å². The van der Waals surface area contributed by atoms with E-state index in [4.69, 9.17) is 0 Å². The third kappa shape index (κ3) is 4.71. The Kier molecular flexibility index (Phi) is 6.34. The van der Waals surface area contributed by atoms with Gasteiger partial charge in [0, 0.05) is 18.4 Å². The molecule has 0 spiro atoms. The molecule has 1 N–H and O–H groups in total. The van der Waals surface area contributed by atoms with E-state index in [9.17, 15) is 8.78 Å². The van der Waals surface area contributed by atoms with Crippen LogP contribution in [-0.2, 0) is 25.3 Å². The normalized spacial score (nSPS) is 11.8. The summed E-state index contributed by atoms with van der Waals surface area (Å²) in [5.74, 6) is -2.19. The number of H-pyrrole nitrogens is 1. The van der Waals surface area contributed by atoms with Gasteiger partial charge in [0.1, 0.15) is 5.82 Å². The maximum Gasteiger partial charge on any atom is 0.308 e. The third-order valence-corrected chi connectivity index (χ3v) is 5.32. The monoisotopic (exact) mass is 437 g/mol. The van der Waals surface area contributed by atoms with E-state index in [1.807, 2.05) is 55.5 Å². The molecule has 0 fully saturated rings. The van der Waals surface area contributed by atoms with Crippen LogP contribution in [0.15, 0.2) is 48.5 Å². The van der Waals surface area contributed by atoms with Gasteiger partial charge in [0.25, 0.3) is 0 Å². The highest BCUT2D eigenvalue weighted by molar-refractivity contribution is 5.60. The van der Waals surface area contributed by atoms with E-state index < -0.39 is 5.92 Å². The van der Waals surface area contributed by atoms with E-state index >= 15 is 0 Å². The number of alkyl halides is 2. The second-order valence-corrected chi connectivity index (χ2v) is 7.72. The van der Waals surface area contributed by atoms with Crippen LogP contribution in [-0.4, -0.2) is 35.4 Å². The van der Waals surface area contributed by atoms with Crippen LogP contribution < -0.4 is 0 Å². The predicted molar refractivity (Wildman–Crippen MR) is 116 cm³/mol. The average Bonchev–Trinajstić information content (AvgIpc) is 3.46. The molecule has 0 aliphatic rings. The maximum absolute atomic E-state index is 14.3. The van der Waals surface area contributed by atoms with Crippen LogP contribution in [0.3, 0.4) is 0 Å². The molecule has 0 saturated heterocycles. The molecule has 0 unspecified atom stereocenters. The lowest BCUT2D eigenvalue weighted by molar-refractivity contribution is -0.0232. The number of hydrogen-bond donors (Lipinski definition) is 1. The van der Waals surface area contributed by atoms with Crippen LogP contribution in [0.2, 0.25) is 0 Å². The van der Waals surface area contributed by atoms with Crippen LogP contribution in [0.25, 0.3) is 11.4 Å². The van der Waals surface area contributed by atoms with Crippen molar-refractivity contribution in [1.82, 2.24) is 35.4 Å². The first kappa shape index (κ1) is 21.7. The average molecular weight is 437 g/mol. The van der Waals surface area contributed by atoms with Crippen molar-refractivity contribution in [3.05, 3.63) is 76.9 Å². The molecule has 32 heavy (non-hydrogen) atoms. The van der Waals surface area contributed by atoms with Crippen molar-refractivity contribution >= 4 is 0 Å². The van der Waals surface area contributed by atoms with E-state index in [0.29, 0.717) is 37.5 Å². The third-order valence-electron chi connectivity index (χ3n) is 5.32. The Labute approximate surface area is 184 Å². The van der Waals surface area contributed by atoms with Crippen LogP contribution >= 0.6 is 0 Å². The number of hydrogen-bond acceptors (Lipinski definition) is 5. The second kappa shape index (κ2) is 9.33. The number of tetrazole rings is 1. The van der Waals surface area contributed by atoms with E-state index in [1.165, 1.54) is 0 Å². The molecule has 0 saturated carbocycles. The van der Waals surface area contributed by atoms with E-state index in [1.54, 1.807) is 11.6 Å². The fourth-order valence-electron chi connectivity index (χ4n) is 3.68. The minimum atomic E-state index is -3.00. The molecule has 7 nitrogen and oxygen atoms in total. The highest BCUT2D eigenvalue weighted by Gasteiger charge is 2.35. The molecule has 9 heteroatoms. The quantitative estimate of drug-likeness (QED) is 0.415. The smallest absolute Gasteiger partial charge is 0.245 e. The first-order valence-electron chi connectivity index (χ1n) is 10.7. The topological polar surface area (TPSA) is 85.2 Å². The zero-order valence-electron chi connectivity index (χ0n) is 18.1. The van der Waals surface area contributed by atoms with Gasteiger partial charge in [0.2, 0.25) is 5.82 Å². The number of halogens is 2. The van der Waals surface area contributed by atoms with Gasteiger partial charge in [-0.3, -0.25) is 0 Å². The number of nitrogens with one attached hydrogen (secondary N) is 1. The summed E-state index contributed by atoms with van der Waals surface area (Å²) < 4.78 is 30.1. The summed E-state index contributed by atoms with van der Waals surface area (Å²) in [5, 5.41) is 18.3. The summed E-state index contributed by atoms with van der Waals surface area (Å²) in [6.45, 7) is 4.03. The molecule has 0 atom stereocenters. The molecule has 0 amide bonds. The highest BCUT2D eigenvalue weighted by atomic mass is 19.3. The first-order chi connectivity index (χ1) is 15.5. The number of aromatic nitrogens is 7. The van der Waals surface area contributed by atoms with Gasteiger partial charge >= 0.3 is 5.92 Å². The fourth-order valence-corrected chi connectivity index (χ4v) is 3.68. The van der Waals surface area contributed by atoms with Gasteiger partial charge in [0.15, 0.2) is 5.82 Å². The zero-order chi connectivity index (χ0) is 22.6. The summed E-state index contributed by atoms with van der Waals surface area (Å²) in [6.07, 6.45) is 1.38. The van der Waals surface area contributed by atoms with Crippen molar-refractivity contribution in [2.75, 3.05) is 0 Å². The number of benzene rings is 2. The van der Waals surface area contributed by atoms with Crippen molar-refractivity contribution in [3.8, 4) is 11.4 Å². The molecule has 4 rings (SSSR count). The van der Waals surface area contributed by atoms with Gasteiger partial charge in [-0.05, 0) is 40.0 Å². The predicted octanol–water partition coefficient (Wildman–Crippen LogP) is 4.55. The standard InChI is InChI=1S/C23H25F2N7/c1-3-13-23(24,25)22-26-20(4-2)32(29-22)15-17-11-9-16(10-12-17)14-18-7-5-6-8-19(18)21-27-30-31-28-21/h5-12H,3-4,13-15H2,1-2H3,(H,27,28,30,31). The molecular weight excluding hydrogens is 412 g/mol. The van der Waals surface area contributed by atoms with Crippen LogP contribution in [0, 0.1) is 0 Å². The minimum absolute atomic E-state index is 0.250. The first-order valence-corrected chi connectivity index (χ1v) is 10.7. The van der Waals surface area contributed by atoms with Crippen LogP contribution in [0.1, 0.15) is 55.0 Å². The van der Waals surface area contributed by atoms with Crippen molar-refractivity contribution in [2.24, 2.45) is 0 Å². The molecule has 0 aliphatic heterocycles. The summed E-state index contributed by atoms with van der Waals surface area (Å²) in [7, 11) is 0. The fraction of sp³-hybridized carbons (Fsp3) is 0.348. The Bertz CT molecular complexity index is 1150. The van der Waals surface area contributed by atoms with Crippen molar-refractivity contribution in [3.63, 3.8) is 0 Å². The lowest BCUT2D eigenvalue weighted by Crippen LogP contribution is -2.15.